The van der Waals surface area contributed by atoms with E-state index in [4.69, 9.17) is 0 Å². The number of halogens is 1. The van der Waals surface area contributed by atoms with Crippen molar-refractivity contribution in [2.45, 2.75) is 13.3 Å². The molecule has 0 fully saturated rings. The van der Waals surface area contributed by atoms with Gasteiger partial charge in [0.05, 0.1) is 16.6 Å². The van der Waals surface area contributed by atoms with Gasteiger partial charge in [0, 0.05) is 18.0 Å². The largest absolute Gasteiger partial charge is 0.328 e. The van der Waals surface area contributed by atoms with Gasteiger partial charge in [0.2, 0.25) is 0 Å². The summed E-state index contributed by atoms with van der Waals surface area (Å²) < 4.78 is 14.9. The van der Waals surface area contributed by atoms with Crippen molar-refractivity contribution in [2.75, 3.05) is 0 Å². The summed E-state index contributed by atoms with van der Waals surface area (Å²) in [5, 5.41) is 5.09. The van der Waals surface area contributed by atoms with Crippen LogP contribution in [0.5, 0.6) is 0 Å². The van der Waals surface area contributed by atoms with Gasteiger partial charge in [-0.3, -0.25) is 4.79 Å². The van der Waals surface area contributed by atoms with Crippen LogP contribution >= 0.6 is 0 Å². The summed E-state index contributed by atoms with van der Waals surface area (Å²) in [5.74, 6) is -0.284. The van der Waals surface area contributed by atoms with Crippen molar-refractivity contribution in [3.05, 3.63) is 64.6 Å². The first-order valence-corrected chi connectivity index (χ1v) is 7.33. The van der Waals surface area contributed by atoms with E-state index in [0.717, 1.165) is 16.8 Å². The molecule has 0 spiro atoms. The van der Waals surface area contributed by atoms with Gasteiger partial charge in [-0.2, -0.15) is 5.10 Å². The van der Waals surface area contributed by atoms with E-state index in [1.165, 1.54) is 12.1 Å². The fraction of sp³-hybridized carbons (Fsp3) is 0.118. The maximum Gasteiger partial charge on any atom is 0.258 e. The summed E-state index contributed by atoms with van der Waals surface area (Å²) in [5.41, 5.74) is 3.74. The van der Waals surface area contributed by atoms with E-state index >= 15 is 0 Å². The van der Waals surface area contributed by atoms with Crippen LogP contribution in [0.4, 0.5) is 4.39 Å². The zero-order valence-corrected chi connectivity index (χ0v) is 12.4. The molecule has 4 aromatic rings. The first-order valence-electron chi connectivity index (χ1n) is 7.33. The second-order valence-electron chi connectivity index (χ2n) is 5.28. The summed E-state index contributed by atoms with van der Waals surface area (Å²) in [4.78, 5) is 19.0. The molecule has 114 valence electrons. The summed E-state index contributed by atoms with van der Waals surface area (Å²) in [6.07, 6.45) is 3.85. The van der Waals surface area contributed by atoms with Crippen LogP contribution in [0.3, 0.4) is 0 Å². The van der Waals surface area contributed by atoms with Crippen molar-refractivity contribution in [1.82, 2.24) is 19.6 Å². The normalized spacial score (nSPS) is 11.4. The maximum absolute atomic E-state index is 13.2. The zero-order valence-electron chi connectivity index (χ0n) is 12.4. The predicted molar refractivity (Wildman–Crippen MR) is 85.9 cm³/mol. The number of benzene rings is 1. The maximum atomic E-state index is 13.2. The molecule has 0 saturated carbocycles. The van der Waals surface area contributed by atoms with Gasteiger partial charge in [-0.15, -0.1) is 0 Å². The van der Waals surface area contributed by atoms with E-state index in [-0.39, 0.29) is 11.4 Å². The molecule has 3 heterocycles. The molecule has 0 amide bonds. The highest BCUT2D eigenvalue weighted by atomic mass is 19.1. The lowest BCUT2D eigenvalue weighted by atomic mass is 10.0. The van der Waals surface area contributed by atoms with Crippen LogP contribution in [-0.2, 0) is 6.42 Å². The summed E-state index contributed by atoms with van der Waals surface area (Å²) in [7, 11) is 0. The van der Waals surface area contributed by atoms with Crippen LogP contribution in [0, 0.1) is 5.82 Å². The van der Waals surface area contributed by atoms with Gasteiger partial charge < -0.3 is 4.98 Å². The Hall–Kier alpha value is -3.02. The molecule has 5 nitrogen and oxygen atoms in total. The second kappa shape index (κ2) is 5.01. The van der Waals surface area contributed by atoms with Gasteiger partial charge in [-0.1, -0.05) is 19.1 Å². The number of rotatable bonds is 2. The molecule has 3 aromatic heterocycles. The van der Waals surface area contributed by atoms with E-state index in [1.54, 1.807) is 35.1 Å². The number of nitrogens with one attached hydrogen (secondary N) is 1. The van der Waals surface area contributed by atoms with Crippen LogP contribution in [0.2, 0.25) is 0 Å². The number of pyridine rings is 1. The highest BCUT2D eigenvalue weighted by Crippen LogP contribution is 2.29. The molecular formula is C17H13FN4O. The zero-order chi connectivity index (χ0) is 16.0. The lowest BCUT2D eigenvalue weighted by Gasteiger charge is -2.02. The number of aromatic nitrogens is 4. The Morgan fingerprint density at radius 2 is 2.00 bits per heavy atom. The molecule has 0 bridgehead atoms. The molecule has 4 rings (SSSR count). The van der Waals surface area contributed by atoms with Gasteiger partial charge in [-0.25, -0.2) is 13.9 Å². The first kappa shape index (κ1) is 13.6. The molecule has 0 atom stereocenters. The highest BCUT2D eigenvalue weighted by molar-refractivity contribution is 5.86. The van der Waals surface area contributed by atoms with Crippen molar-refractivity contribution in [3.8, 4) is 11.1 Å². The number of nitrogens with zero attached hydrogens (tertiary/aromatic N) is 3. The first-order chi connectivity index (χ1) is 11.2. The quantitative estimate of drug-likeness (QED) is 0.619. The molecule has 0 aliphatic rings. The Balaban J connectivity index is 2.12. The van der Waals surface area contributed by atoms with Gasteiger partial charge in [0.1, 0.15) is 5.82 Å². The average Bonchev–Trinajstić information content (AvgIpc) is 2.95. The minimum atomic E-state index is -0.284. The van der Waals surface area contributed by atoms with E-state index in [0.29, 0.717) is 23.0 Å². The van der Waals surface area contributed by atoms with Gasteiger partial charge in [0.15, 0.2) is 5.65 Å². The Morgan fingerprint density at radius 3 is 2.74 bits per heavy atom. The molecule has 0 aliphatic heterocycles. The van der Waals surface area contributed by atoms with E-state index in [1.807, 2.05) is 6.92 Å². The number of H-pyrrole nitrogens is 1. The Labute approximate surface area is 130 Å². The van der Waals surface area contributed by atoms with Crippen LogP contribution in [0.25, 0.3) is 27.7 Å². The minimum absolute atomic E-state index is 0.200. The molecule has 23 heavy (non-hydrogen) atoms. The van der Waals surface area contributed by atoms with Gasteiger partial charge >= 0.3 is 0 Å². The third kappa shape index (κ3) is 2.03. The fourth-order valence-electron chi connectivity index (χ4n) is 2.82. The summed E-state index contributed by atoms with van der Waals surface area (Å²) >= 11 is 0. The lowest BCUT2D eigenvalue weighted by molar-refractivity contribution is 0.628. The third-order valence-corrected chi connectivity index (χ3v) is 3.92. The highest BCUT2D eigenvalue weighted by Gasteiger charge is 2.17. The molecule has 0 unspecified atom stereocenters. The molecule has 1 N–H and O–H groups in total. The Bertz CT molecular complexity index is 1080. The number of aryl methyl sites for hydroxylation is 1. The number of hydrogen-bond acceptors (Lipinski definition) is 3. The number of fused-ring (bicyclic) bond motifs is 3. The third-order valence-electron chi connectivity index (χ3n) is 3.92. The van der Waals surface area contributed by atoms with Crippen molar-refractivity contribution in [1.29, 1.82) is 0 Å². The second-order valence-corrected chi connectivity index (χ2v) is 5.28. The van der Waals surface area contributed by atoms with Gasteiger partial charge in [0.25, 0.3) is 5.56 Å². The predicted octanol–water partition coefficient (Wildman–Crippen LogP) is 2.94. The average molecular weight is 308 g/mol. The van der Waals surface area contributed by atoms with Crippen molar-refractivity contribution in [3.63, 3.8) is 0 Å². The lowest BCUT2D eigenvalue weighted by Crippen LogP contribution is -2.07. The smallest absolute Gasteiger partial charge is 0.258 e. The Morgan fingerprint density at radius 1 is 1.22 bits per heavy atom. The molecule has 6 heteroatoms. The van der Waals surface area contributed by atoms with Crippen LogP contribution in [0.15, 0.2) is 47.5 Å². The molecule has 1 aromatic carbocycles. The molecule has 0 aliphatic carbocycles. The molecule has 0 saturated heterocycles. The van der Waals surface area contributed by atoms with Gasteiger partial charge in [-0.05, 0) is 30.2 Å². The van der Waals surface area contributed by atoms with E-state index in [2.05, 4.69) is 15.1 Å². The fourth-order valence-corrected chi connectivity index (χ4v) is 2.82. The summed E-state index contributed by atoms with van der Waals surface area (Å²) in [6.45, 7) is 2.00. The Kier molecular flexibility index (Phi) is 2.97. The standard InChI is InChI=1S/C17H13FN4O/c1-2-13-15(10-3-5-11(18)6-4-10)16-20-9-12-14(22(16)21-13)7-8-19-17(12)23/h3-9H,2H2,1H3,(H,19,23). The van der Waals surface area contributed by atoms with Crippen molar-refractivity contribution < 1.29 is 4.39 Å². The number of hydrogen-bond donors (Lipinski definition) is 1. The van der Waals surface area contributed by atoms with Crippen LogP contribution in [-0.4, -0.2) is 19.6 Å². The topological polar surface area (TPSA) is 63.1 Å². The van der Waals surface area contributed by atoms with Crippen molar-refractivity contribution in [2.24, 2.45) is 0 Å². The van der Waals surface area contributed by atoms with E-state index in [9.17, 15) is 9.18 Å². The summed E-state index contributed by atoms with van der Waals surface area (Å²) in [6, 6.07) is 8.07. The molecule has 0 radical (unpaired) electrons. The minimum Gasteiger partial charge on any atom is -0.328 e. The van der Waals surface area contributed by atoms with Crippen molar-refractivity contribution >= 4 is 16.6 Å². The van der Waals surface area contributed by atoms with Crippen LogP contribution in [0.1, 0.15) is 12.6 Å². The monoisotopic (exact) mass is 308 g/mol. The molecular weight excluding hydrogens is 295 g/mol. The van der Waals surface area contributed by atoms with Crippen LogP contribution < -0.4 is 5.56 Å². The number of aromatic amines is 1. The SMILES string of the molecule is CCc1nn2c(ncc3c(=O)[nH]ccc32)c1-c1ccc(F)cc1. The van der Waals surface area contributed by atoms with E-state index < -0.39 is 0 Å².